The first-order valence-electron chi connectivity index (χ1n) is 7.93. The van der Waals surface area contributed by atoms with E-state index in [2.05, 4.69) is 23.4 Å². The van der Waals surface area contributed by atoms with Crippen LogP contribution in [0.25, 0.3) is 0 Å². The summed E-state index contributed by atoms with van der Waals surface area (Å²) in [6, 6.07) is 0.545. The van der Waals surface area contributed by atoms with Gasteiger partial charge in [-0.1, -0.05) is 6.92 Å². The van der Waals surface area contributed by atoms with Gasteiger partial charge in [-0.15, -0.1) is 0 Å². The highest BCUT2D eigenvalue weighted by Crippen LogP contribution is 2.24. The van der Waals surface area contributed by atoms with E-state index in [1.165, 1.54) is 51.1 Å². The summed E-state index contributed by atoms with van der Waals surface area (Å²) in [5.74, 6) is 3.07. The molecule has 2 unspecified atom stereocenters. The quantitative estimate of drug-likeness (QED) is 0.839. The maximum absolute atomic E-state index is 4.78. The Morgan fingerprint density at radius 1 is 1.26 bits per heavy atom. The Balaban J connectivity index is 1.66. The molecule has 2 aliphatic heterocycles. The Bertz CT molecular complexity index is 426. The highest BCUT2D eigenvalue weighted by Gasteiger charge is 2.23. The van der Waals surface area contributed by atoms with Crippen molar-refractivity contribution >= 4 is 0 Å². The van der Waals surface area contributed by atoms with E-state index in [0.717, 1.165) is 24.6 Å². The number of nitrogens with zero attached hydrogens (tertiary/aromatic N) is 4. The van der Waals surface area contributed by atoms with Gasteiger partial charge in [0.25, 0.3) is 0 Å². The van der Waals surface area contributed by atoms with E-state index in [1.807, 2.05) is 0 Å². The van der Waals surface area contributed by atoms with Crippen LogP contribution < -0.4 is 0 Å². The molecule has 0 spiro atoms. The highest BCUT2D eigenvalue weighted by atomic mass is 15.4. The fourth-order valence-corrected chi connectivity index (χ4v) is 3.56. The molecular weight excluding hydrogens is 236 g/mol. The third-order valence-electron chi connectivity index (χ3n) is 4.71. The van der Waals surface area contributed by atoms with Crippen molar-refractivity contribution in [1.29, 1.82) is 0 Å². The second-order valence-corrected chi connectivity index (χ2v) is 6.24. The lowest BCUT2D eigenvalue weighted by Gasteiger charge is -2.31. The van der Waals surface area contributed by atoms with Crippen LogP contribution in [0.5, 0.6) is 0 Å². The van der Waals surface area contributed by atoms with Crippen LogP contribution >= 0.6 is 0 Å². The molecule has 0 bridgehead atoms. The van der Waals surface area contributed by atoms with E-state index < -0.39 is 0 Å². The number of hydrogen-bond donors (Lipinski definition) is 0. The van der Waals surface area contributed by atoms with Crippen LogP contribution in [-0.2, 0) is 12.8 Å². The van der Waals surface area contributed by atoms with Gasteiger partial charge in [0, 0.05) is 19.4 Å². The number of aromatic nitrogens is 3. The molecule has 3 rings (SSSR count). The van der Waals surface area contributed by atoms with Crippen molar-refractivity contribution in [3.05, 3.63) is 11.6 Å². The van der Waals surface area contributed by atoms with E-state index in [4.69, 9.17) is 10.1 Å². The van der Waals surface area contributed by atoms with Gasteiger partial charge < -0.3 is 4.90 Å². The maximum atomic E-state index is 4.78. The minimum Gasteiger partial charge on any atom is -0.303 e. The van der Waals surface area contributed by atoms with E-state index >= 15 is 0 Å². The lowest BCUT2D eigenvalue weighted by molar-refractivity contribution is 0.180. The predicted octanol–water partition coefficient (Wildman–Crippen LogP) is 2.45. The molecule has 19 heavy (non-hydrogen) atoms. The van der Waals surface area contributed by atoms with Gasteiger partial charge in [0.05, 0.1) is 6.04 Å². The van der Waals surface area contributed by atoms with Crippen LogP contribution in [0.1, 0.15) is 57.2 Å². The monoisotopic (exact) mass is 262 g/mol. The van der Waals surface area contributed by atoms with Crippen molar-refractivity contribution in [3.8, 4) is 0 Å². The summed E-state index contributed by atoms with van der Waals surface area (Å²) in [4.78, 5) is 7.34. The molecule has 0 amide bonds. The molecule has 0 aromatic carbocycles. The molecule has 2 atom stereocenters. The number of aryl methyl sites for hydroxylation is 1. The fraction of sp³-hybridized carbons (Fsp3) is 0.867. The molecule has 0 saturated carbocycles. The van der Waals surface area contributed by atoms with Crippen LogP contribution in [0.15, 0.2) is 0 Å². The zero-order chi connectivity index (χ0) is 13.2. The molecule has 1 aromatic rings. The molecule has 0 aliphatic carbocycles. The number of fused-ring (bicyclic) bond motifs is 1. The third-order valence-corrected chi connectivity index (χ3v) is 4.71. The zero-order valence-electron chi connectivity index (χ0n) is 12.3. The van der Waals surface area contributed by atoms with Crippen LogP contribution in [0.4, 0.5) is 0 Å². The summed E-state index contributed by atoms with van der Waals surface area (Å²) >= 11 is 0. The van der Waals surface area contributed by atoms with Crippen molar-refractivity contribution in [1.82, 2.24) is 19.7 Å². The van der Waals surface area contributed by atoms with Gasteiger partial charge in [-0.05, 0) is 51.6 Å². The summed E-state index contributed by atoms with van der Waals surface area (Å²) < 4.78 is 2.18. The van der Waals surface area contributed by atoms with Crippen molar-refractivity contribution in [2.24, 2.45) is 5.92 Å². The first-order chi connectivity index (χ1) is 9.26. The standard InChI is InChI=1S/C15H26N4/c1-3-18-9-5-7-13(11-18)10-14-16-15-8-4-6-12(2)19(15)17-14/h12-13H,3-11H2,1-2H3. The van der Waals surface area contributed by atoms with Gasteiger partial charge in [0.2, 0.25) is 0 Å². The smallest absolute Gasteiger partial charge is 0.151 e. The van der Waals surface area contributed by atoms with Crippen molar-refractivity contribution in [2.45, 2.75) is 58.4 Å². The largest absolute Gasteiger partial charge is 0.303 e. The molecular formula is C15H26N4. The van der Waals surface area contributed by atoms with Gasteiger partial charge in [0.15, 0.2) is 5.82 Å². The molecule has 4 nitrogen and oxygen atoms in total. The molecule has 106 valence electrons. The van der Waals surface area contributed by atoms with Crippen molar-refractivity contribution in [2.75, 3.05) is 19.6 Å². The van der Waals surface area contributed by atoms with Gasteiger partial charge in [-0.25, -0.2) is 9.67 Å². The molecule has 1 aromatic heterocycles. The van der Waals surface area contributed by atoms with Crippen molar-refractivity contribution < 1.29 is 0 Å². The average Bonchev–Trinajstić information content (AvgIpc) is 2.83. The molecule has 3 heterocycles. The lowest BCUT2D eigenvalue weighted by Crippen LogP contribution is -2.36. The average molecular weight is 262 g/mol. The number of piperidine rings is 1. The summed E-state index contributed by atoms with van der Waals surface area (Å²) in [5, 5.41) is 4.76. The van der Waals surface area contributed by atoms with Crippen LogP contribution in [0.3, 0.4) is 0 Å². The number of rotatable bonds is 3. The zero-order valence-corrected chi connectivity index (χ0v) is 12.3. The summed E-state index contributed by atoms with van der Waals surface area (Å²) in [6.45, 7) is 8.21. The highest BCUT2D eigenvalue weighted by molar-refractivity contribution is 4.99. The Kier molecular flexibility index (Phi) is 3.87. The summed E-state index contributed by atoms with van der Waals surface area (Å²) in [6.07, 6.45) is 7.39. The topological polar surface area (TPSA) is 34.0 Å². The van der Waals surface area contributed by atoms with E-state index in [0.29, 0.717) is 6.04 Å². The van der Waals surface area contributed by atoms with Gasteiger partial charge in [0.1, 0.15) is 5.82 Å². The number of likely N-dealkylation sites (tertiary alicyclic amines) is 1. The second kappa shape index (κ2) is 5.61. The van der Waals surface area contributed by atoms with Gasteiger partial charge >= 0.3 is 0 Å². The fourth-order valence-electron chi connectivity index (χ4n) is 3.56. The molecule has 1 saturated heterocycles. The molecule has 1 fully saturated rings. The van der Waals surface area contributed by atoms with E-state index in [1.54, 1.807) is 0 Å². The SMILES string of the molecule is CCN1CCCC(Cc2nc3n(n2)C(C)CCC3)C1. The summed E-state index contributed by atoms with van der Waals surface area (Å²) in [5.41, 5.74) is 0. The third kappa shape index (κ3) is 2.83. The van der Waals surface area contributed by atoms with Gasteiger partial charge in [-0.2, -0.15) is 5.10 Å². The lowest BCUT2D eigenvalue weighted by atomic mass is 9.94. The second-order valence-electron chi connectivity index (χ2n) is 6.24. The Hall–Kier alpha value is -0.900. The first-order valence-corrected chi connectivity index (χ1v) is 7.93. The predicted molar refractivity (Wildman–Crippen MR) is 76.2 cm³/mol. The van der Waals surface area contributed by atoms with Gasteiger partial charge in [-0.3, -0.25) is 0 Å². The van der Waals surface area contributed by atoms with E-state index in [-0.39, 0.29) is 0 Å². The first kappa shape index (κ1) is 13.1. The van der Waals surface area contributed by atoms with Crippen LogP contribution in [0.2, 0.25) is 0 Å². The van der Waals surface area contributed by atoms with Crippen LogP contribution in [-0.4, -0.2) is 39.3 Å². The molecule has 0 N–H and O–H groups in total. The Morgan fingerprint density at radius 3 is 2.95 bits per heavy atom. The van der Waals surface area contributed by atoms with E-state index in [9.17, 15) is 0 Å². The minimum absolute atomic E-state index is 0.545. The Morgan fingerprint density at radius 2 is 2.16 bits per heavy atom. The minimum atomic E-state index is 0.545. The molecule has 4 heteroatoms. The van der Waals surface area contributed by atoms with Crippen molar-refractivity contribution in [3.63, 3.8) is 0 Å². The Labute approximate surface area is 116 Å². The maximum Gasteiger partial charge on any atom is 0.151 e. The van der Waals surface area contributed by atoms with Crippen LogP contribution in [0, 0.1) is 5.92 Å². The molecule has 2 aliphatic rings. The normalized spacial score (nSPS) is 28.3. The molecule has 0 radical (unpaired) electrons. The number of hydrogen-bond acceptors (Lipinski definition) is 3. The summed E-state index contributed by atoms with van der Waals surface area (Å²) in [7, 11) is 0.